The van der Waals surface area contributed by atoms with Gasteiger partial charge in [-0.15, -0.1) is 0 Å². The van der Waals surface area contributed by atoms with Crippen LogP contribution >= 0.6 is 15.9 Å². The summed E-state index contributed by atoms with van der Waals surface area (Å²) in [5, 5.41) is 5.14. The smallest absolute Gasteiger partial charge is 0.323 e. The van der Waals surface area contributed by atoms with Gasteiger partial charge in [0.25, 0.3) is 5.91 Å². The molecule has 0 unspecified atom stereocenters. The number of nitrogens with one attached hydrogen (secondary N) is 2. The van der Waals surface area contributed by atoms with E-state index in [2.05, 4.69) is 26.6 Å². The summed E-state index contributed by atoms with van der Waals surface area (Å²) in [7, 11) is 3.08. The molecule has 2 aromatic rings. The highest BCUT2D eigenvalue weighted by molar-refractivity contribution is 9.10. The summed E-state index contributed by atoms with van der Waals surface area (Å²) >= 11 is 3.30. The van der Waals surface area contributed by atoms with Crippen molar-refractivity contribution in [3.05, 3.63) is 58.3 Å². The summed E-state index contributed by atoms with van der Waals surface area (Å²) in [6, 6.07) is 10.4. The van der Waals surface area contributed by atoms with Gasteiger partial charge in [0.2, 0.25) is 0 Å². The molecule has 3 amide bonds. The summed E-state index contributed by atoms with van der Waals surface area (Å²) in [4.78, 5) is 24.9. The second kappa shape index (κ2) is 7.23. The van der Waals surface area contributed by atoms with Crippen molar-refractivity contribution >= 4 is 39.2 Å². The second-order valence-corrected chi connectivity index (χ2v) is 5.90. The van der Waals surface area contributed by atoms with Gasteiger partial charge in [-0.2, -0.15) is 0 Å². The molecule has 2 N–H and O–H groups in total. The Hall–Kier alpha value is -2.41. The largest absolute Gasteiger partial charge is 0.345 e. The average Bonchev–Trinajstić information content (AvgIpc) is 2.49. The molecule has 0 aliphatic rings. The first-order chi connectivity index (χ1) is 10.9. The van der Waals surface area contributed by atoms with E-state index < -0.39 is 17.8 Å². The highest BCUT2D eigenvalue weighted by Crippen LogP contribution is 2.17. The summed E-state index contributed by atoms with van der Waals surface area (Å²) in [6.45, 7) is 0. The molecule has 5 nitrogen and oxygen atoms in total. The van der Waals surface area contributed by atoms with Crippen molar-refractivity contribution in [3.8, 4) is 0 Å². The summed E-state index contributed by atoms with van der Waals surface area (Å²) in [5.41, 5.74) is 0.812. The maximum absolute atomic E-state index is 14.0. The first kappa shape index (κ1) is 17.0. The minimum absolute atomic E-state index is 0.0473. The van der Waals surface area contributed by atoms with Crippen LogP contribution in [0.25, 0.3) is 0 Å². The molecule has 0 bridgehead atoms. The number of carbonyl (C=O) groups is 2. The molecule has 0 aromatic heterocycles. The third-order valence-corrected chi connectivity index (χ3v) is 3.49. The van der Waals surface area contributed by atoms with E-state index in [4.69, 9.17) is 0 Å². The van der Waals surface area contributed by atoms with Crippen molar-refractivity contribution in [3.63, 3.8) is 0 Å². The standard InChI is InChI=1S/C16H15BrFN3O2/c1-21(2)15(22)13-8-7-12(9-14(13)18)20-16(23)19-11-5-3-10(17)4-6-11/h3-9H,1-2H3,(H2,19,20,23). The molecule has 0 aliphatic heterocycles. The lowest BCUT2D eigenvalue weighted by molar-refractivity contribution is 0.0823. The van der Waals surface area contributed by atoms with Gasteiger partial charge in [-0.3, -0.25) is 4.79 Å². The molecule has 0 atom stereocenters. The number of rotatable bonds is 3. The van der Waals surface area contributed by atoms with E-state index in [1.165, 1.54) is 17.0 Å². The van der Waals surface area contributed by atoms with Crippen molar-refractivity contribution < 1.29 is 14.0 Å². The summed E-state index contributed by atoms with van der Waals surface area (Å²) < 4.78 is 14.9. The highest BCUT2D eigenvalue weighted by Gasteiger charge is 2.14. The third kappa shape index (κ3) is 4.53. The van der Waals surface area contributed by atoms with E-state index in [0.29, 0.717) is 5.69 Å². The minimum Gasteiger partial charge on any atom is -0.345 e. The van der Waals surface area contributed by atoms with Crippen LogP contribution in [-0.4, -0.2) is 30.9 Å². The van der Waals surface area contributed by atoms with E-state index in [1.54, 1.807) is 38.4 Å². The van der Waals surface area contributed by atoms with Gasteiger partial charge in [0.05, 0.1) is 5.56 Å². The van der Waals surface area contributed by atoms with Gasteiger partial charge in [-0.1, -0.05) is 15.9 Å². The molecule has 0 saturated heterocycles. The molecule has 0 saturated carbocycles. The molecule has 0 spiro atoms. The van der Waals surface area contributed by atoms with Crippen molar-refractivity contribution in [2.24, 2.45) is 0 Å². The Morgan fingerprint density at radius 3 is 2.13 bits per heavy atom. The number of urea groups is 1. The zero-order valence-corrected chi connectivity index (χ0v) is 14.1. The number of hydrogen-bond donors (Lipinski definition) is 2. The fourth-order valence-corrected chi connectivity index (χ4v) is 2.10. The third-order valence-electron chi connectivity index (χ3n) is 2.97. The number of hydrogen-bond acceptors (Lipinski definition) is 2. The predicted molar refractivity (Wildman–Crippen MR) is 91.2 cm³/mol. The SMILES string of the molecule is CN(C)C(=O)c1ccc(NC(=O)Nc2ccc(Br)cc2)cc1F. The molecule has 2 rings (SSSR count). The molecule has 7 heteroatoms. The van der Waals surface area contributed by atoms with Gasteiger partial charge in [0.15, 0.2) is 0 Å². The number of anilines is 2. The minimum atomic E-state index is -0.690. The lowest BCUT2D eigenvalue weighted by Crippen LogP contribution is -2.23. The van der Waals surface area contributed by atoms with E-state index in [0.717, 1.165) is 10.5 Å². The first-order valence-electron chi connectivity index (χ1n) is 6.71. The molecule has 0 fully saturated rings. The van der Waals surface area contributed by atoms with Crippen LogP contribution in [0, 0.1) is 5.82 Å². The van der Waals surface area contributed by atoms with Crippen molar-refractivity contribution in [2.45, 2.75) is 0 Å². The van der Waals surface area contributed by atoms with Gasteiger partial charge in [-0.05, 0) is 42.5 Å². The number of nitrogens with zero attached hydrogens (tertiary/aromatic N) is 1. The Bertz CT molecular complexity index is 733. The summed E-state index contributed by atoms with van der Waals surface area (Å²) in [6.07, 6.45) is 0. The van der Waals surface area contributed by atoms with E-state index in [1.807, 2.05) is 0 Å². The molecule has 2 aromatic carbocycles. The van der Waals surface area contributed by atoms with Crippen LogP contribution in [0.15, 0.2) is 46.9 Å². The van der Waals surface area contributed by atoms with Gasteiger partial charge < -0.3 is 15.5 Å². The molecule has 0 heterocycles. The van der Waals surface area contributed by atoms with Crippen molar-refractivity contribution in [1.29, 1.82) is 0 Å². The fraction of sp³-hybridized carbons (Fsp3) is 0.125. The van der Waals surface area contributed by atoms with E-state index >= 15 is 0 Å². The Labute approximate surface area is 141 Å². The first-order valence-corrected chi connectivity index (χ1v) is 7.51. The Morgan fingerprint density at radius 1 is 1.00 bits per heavy atom. The van der Waals surface area contributed by atoms with Gasteiger partial charge in [-0.25, -0.2) is 9.18 Å². The zero-order valence-electron chi connectivity index (χ0n) is 12.6. The lowest BCUT2D eigenvalue weighted by atomic mass is 10.1. The number of carbonyl (C=O) groups excluding carboxylic acids is 2. The van der Waals surface area contributed by atoms with Crippen LogP contribution < -0.4 is 10.6 Å². The van der Waals surface area contributed by atoms with Gasteiger partial charge in [0, 0.05) is 29.9 Å². The number of halogens is 2. The number of amides is 3. The average molecular weight is 380 g/mol. The maximum atomic E-state index is 14.0. The zero-order chi connectivity index (χ0) is 17.0. The van der Waals surface area contributed by atoms with Crippen LogP contribution in [-0.2, 0) is 0 Å². The van der Waals surface area contributed by atoms with Crippen LogP contribution in [0.4, 0.5) is 20.6 Å². The molecule has 120 valence electrons. The van der Waals surface area contributed by atoms with Gasteiger partial charge >= 0.3 is 6.03 Å². The van der Waals surface area contributed by atoms with Crippen LogP contribution in [0.5, 0.6) is 0 Å². The monoisotopic (exact) mass is 379 g/mol. The van der Waals surface area contributed by atoms with E-state index in [9.17, 15) is 14.0 Å². The van der Waals surface area contributed by atoms with Gasteiger partial charge in [0.1, 0.15) is 5.82 Å². The Kier molecular flexibility index (Phi) is 5.33. The second-order valence-electron chi connectivity index (χ2n) is 4.98. The van der Waals surface area contributed by atoms with Crippen molar-refractivity contribution in [1.82, 2.24) is 4.90 Å². The maximum Gasteiger partial charge on any atom is 0.323 e. The molecule has 23 heavy (non-hydrogen) atoms. The fourth-order valence-electron chi connectivity index (χ4n) is 1.83. The quantitative estimate of drug-likeness (QED) is 0.848. The van der Waals surface area contributed by atoms with Crippen LogP contribution in [0.2, 0.25) is 0 Å². The number of benzene rings is 2. The predicted octanol–water partition coefficient (Wildman–Crippen LogP) is 3.93. The normalized spacial score (nSPS) is 10.1. The highest BCUT2D eigenvalue weighted by atomic mass is 79.9. The molecular weight excluding hydrogens is 365 g/mol. The molecule has 0 radical (unpaired) electrons. The van der Waals surface area contributed by atoms with Crippen LogP contribution in [0.1, 0.15) is 10.4 Å². The van der Waals surface area contributed by atoms with Crippen LogP contribution in [0.3, 0.4) is 0 Å². The van der Waals surface area contributed by atoms with Crippen molar-refractivity contribution in [2.75, 3.05) is 24.7 Å². The topological polar surface area (TPSA) is 61.4 Å². The Balaban J connectivity index is 2.05. The molecule has 0 aliphatic carbocycles. The van der Waals surface area contributed by atoms with E-state index in [-0.39, 0.29) is 11.3 Å². The lowest BCUT2D eigenvalue weighted by Gasteiger charge is -2.12. The Morgan fingerprint density at radius 2 is 1.57 bits per heavy atom. The summed E-state index contributed by atoms with van der Waals surface area (Å²) in [5.74, 6) is -1.13. The molecular formula is C16H15BrFN3O2.